The lowest BCUT2D eigenvalue weighted by Crippen LogP contribution is -2.42. The van der Waals surface area contributed by atoms with Gasteiger partial charge in [0.15, 0.2) is 0 Å². The Morgan fingerprint density at radius 2 is 2.04 bits per heavy atom. The van der Waals surface area contributed by atoms with Gasteiger partial charge in [0.2, 0.25) is 0 Å². The summed E-state index contributed by atoms with van der Waals surface area (Å²) >= 11 is 0. The molecule has 150 valence electrons. The van der Waals surface area contributed by atoms with Crippen LogP contribution in [0.2, 0.25) is 0 Å². The van der Waals surface area contributed by atoms with E-state index in [1.807, 2.05) is 32.9 Å². The molecular formula is C21H33N3O3. The van der Waals surface area contributed by atoms with Crippen LogP contribution in [0.3, 0.4) is 0 Å². The van der Waals surface area contributed by atoms with Gasteiger partial charge in [-0.05, 0) is 71.4 Å². The Morgan fingerprint density at radius 3 is 2.70 bits per heavy atom. The molecule has 1 aromatic rings. The quantitative estimate of drug-likeness (QED) is 0.764. The number of rotatable bonds is 5. The van der Waals surface area contributed by atoms with E-state index in [0.717, 1.165) is 61.5 Å². The number of nitrogens with one attached hydrogen (secondary N) is 1. The maximum atomic E-state index is 11.9. The molecule has 1 aromatic carbocycles. The van der Waals surface area contributed by atoms with Gasteiger partial charge in [-0.3, -0.25) is 0 Å². The van der Waals surface area contributed by atoms with Crippen LogP contribution in [0.4, 0.5) is 16.2 Å². The van der Waals surface area contributed by atoms with Crippen molar-refractivity contribution in [2.75, 3.05) is 30.3 Å². The van der Waals surface area contributed by atoms with Gasteiger partial charge in [-0.1, -0.05) is 0 Å². The van der Waals surface area contributed by atoms with E-state index in [1.54, 1.807) is 0 Å². The second kappa shape index (κ2) is 7.87. The molecule has 1 heterocycles. The summed E-state index contributed by atoms with van der Waals surface area (Å²) < 4.78 is 11.4. The highest BCUT2D eigenvalue weighted by Gasteiger charge is 2.28. The van der Waals surface area contributed by atoms with E-state index < -0.39 is 5.60 Å². The molecule has 0 radical (unpaired) electrons. The standard InChI is InChI=1S/C21H33N3O3/c1-14-18(26-16-7-8-16)10-9-17(22)19(14)24-11-5-6-15(13-24)12-23-20(25)27-21(2,3)4/h9-10,15-16H,5-8,11-13,22H2,1-4H3,(H,23,25)/t15-/m0/s1. The fourth-order valence-corrected chi connectivity index (χ4v) is 3.59. The number of carbonyl (C=O) groups is 1. The Morgan fingerprint density at radius 1 is 1.30 bits per heavy atom. The largest absolute Gasteiger partial charge is 0.490 e. The van der Waals surface area contributed by atoms with Crippen LogP contribution < -0.4 is 20.7 Å². The molecule has 1 saturated heterocycles. The number of nitrogens with zero attached hydrogens (tertiary/aromatic N) is 1. The molecule has 0 aromatic heterocycles. The first-order valence-corrected chi connectivity index (χ1v) is 10.0. The van der Waals surface area contributed by atoms with Crippen LogP contribution in [-0.2, 0) is 4.74 Å². The van der Waals surface area contributed by atoms with Gasteiger partial charge in [0.1, 0.15) is 11.4 Å². The van der Waals surface area contributed by atoms with Crippen molar-refractivity contribution in [2.24, 2.45) is 5.92 Å². The van der Waals surface area contributed by atoms with Crippen molar-refractivity contribution in [3.8, 4) is 5.75 Å². The zero-order chi connectivity index (χ0) is 19.6. The minimum atomic E-state index is -0.476. The Balaban J connectivity index is 1.63. The van der Waals surface area contributed by atoms with E-state index in [2.05, 4.69) is 17.1 Å². The van der Waals surface area contributed by atoms with Crippen molar-refractivity contribution in [1.29, 1.82) is 0 Å². The average Bonchev–Trinajstić information content (AvgIpc) is 3.39. The number of benzene rings is 1. The molecule has 0 unspecified atom stereocenters. The first-order valence-electron chi connectivity index (χ1n) is 10.0. The van der Waals surface area contributed by atoms with Gasteiger partial charge in [0.05, 0.1) is 17.5 Å². The summed E-state index contributed by atoms with van der Waals surface area (Å²) in [4.78, 5) is 14.3. The number of nitrogens with two attached hydrogens (primary N) is 1. The maximum absolute atomic E-state index is 11.9. The number of nitrogen functional groups attached to an aromatic ring is 1. The molecule has 1 aliphatic heterocycles. The minimum Gasteiger partial charge on any atom is -0.490 e. The Bertz CT molecular complexity index is 680. The summed E-state index contributed by atoms with van der Waals surface area (Å²) in [5.74, 6) is 1.31. The molecule has 2 fully saturated rings. The molecule has 1 atom stereocenters. The topological polar surface area (TPSA) is 76.8 Å². The van der Waals surface area contributed by atoms with Crippen LogP contribution in [0.1, 0.15) is 52.0 Å². The highest BCUT2D eigenvalue weighted by Crippen LogP contribution is 2.38. The van der Waals surface area contributed by atoms with E-state index in [-0.39, 0.29) is 6.09 Å². The number of hydrogen-bond donors (Lipinski definition) is 2. The molecule has 0 bridgehead atoms. The van der Waals surface area contributed by atoms with Gasteiger partial charge >= 0.3 is 6.09 Å². The lowest BCUT2D eigenvalue weighted by atomic mass is 9.96. The Labute approximate surface area is 162 Å². The third-order valence-electron chi connectivity index (χ3n) is 5.00. The minimum absolute atomic E-state index is 0.352. The number of alkyl carbamates (subject to hydrolysis) is 1. The molecule has 0 spiro atoms. The highest BCUT2D eigenvalue weighted by molar-refractivity contribution is 5.74. The van der Waals surface area contributed by atoms with E-state index >= 15 is 0 Å². The van der Waals surface area contributed by atoms with Crippen LogP contribution in [0, 0.1) is 12.8 Å². The van der Waals surface area contributed by atoms with E-state index in [1.165, 1.54) is 0 Å². The monoisotopic (exact) mass is 375 g/mol. The Kier molecular flexibility index (Phi) is 5.72. The van der Waals surface area contributed by atoms with Crippen molar-refractivity contribution in [1.82, 2.24) is 5.32 Å². The van der Waals surface area contributed by atoms with Crippen LogP contribution in [0.5, 0.6) is 5.75 Å². The van der Waals surface area contributed by atoms with Crippen LogP contribution in [-0.4, -0.2) is 37.4 Å². The molecule has 2 aliphatic rings. The normalized spacial score (nSPS) is 20.3. The van der Waals surface area contributed by atoms with Crippen molar-refractivity contribution >= 4 is 17.5 Å². The lowest BCUT2D eigenvalue weighted by Gasteiger charge is -2.36. The summed E-state index contributed by atoms with van der Waals surface area (Å²) in [6, 6.07) is 3.93. The number of ether oxygens (including phenoxy) is 2. The molecule has 1 amide bonds. The zero-order valence-electron chi connectivity index (χ0n) is 17.0. The van der Waals surface area contributed by atoms with Gasteiger partial charge in [-0.15, -0.1) is 0 Å². The van der Waals surface area contributed by atoms with Gasteiger partial charge in [-0.25, -0.2) is 4.79 Å². The van der Waals surface area contributed by atoms with Crippen LogP contribution in [0.25, 0.3) is 0 Å². The van der Waals surface area contributed by atoms with Crippen molar-refractivity contribution in [2.45, 2.75) is 65.1 Å². The van der Waals surface area contributed by atoms with E-state index in [0.29, 0.717) is 18.6 Å². The summed E-state index contributed by atoms with van der Waals surface area (Å²) in [7, 11) is 0. The second-order valence-electron chi connectivity index (χ2n) is 8.78. The van der Waals surface area contributed by atoms with Crippen LogP contribution in [0.15, 0.2) is 12.1 Å². The number of hydrogen-bond acceptors (Lipinski definition) is 5. The number of anilines is 2. The fourth-order valence-electron chi connectivity index (χ4n) is 3.59. The summed E-state index contributed by atoms with van der Waals surface area (Å²) in [6.45, 7) is 10.2. The maximum Gasteiger partial charge on any atom is 0.407 e. The van der Waals surface area contributed by atoms with Crippen molar-refractivity contribution in [3.63, 3.8) is 0 Å². The lowest BCUT2D eigenvalue weighted by molar-refractivity contribution is 0.0517. The number of amides is 1. The summed E-state index contributed by atoms with van der Waals surface area (Å²) in [5.41, 5.74) is 8.82. The van der Waals surface area contributed by atoms with Gasteiger partial charge < -0.3 is 25.4 Å². The first-order chi connectivity index (χ1) is 12.7. The smallest absolute Gasteiger partial charge is 0.407 e. The Hall–Kier alpha value is -2.11. The fraction of sp³-hybridized carbons (Fsp3) is 0.667. The molecule has 1 aliphatic carbocycles. The number of carbonyl (C=O) groups excluding carboxylic acids is 1. The van der Waals surface area contributed by atoms with E-state index in [9.17, 15) is 4.79 Å². The molecule has 6 heteroatoms. The summed E-state index contributed by atoms with van der Waals surface area (Å²) in [6.07, 6.45) is 4.46. The zero-order valence-corrected chi connectivity index (χ0v) is 17.0. The number of piperidine rings is 1. The molecule has 1 saturated carbocycles. The van der Waals surface area contributed by atoms with Gasteiger partial charge in [0.25, 0.3) is 0 Å². The van der Waals surface area contributed by atoms with Gasteiger partial charge in [0, 0.05) is 25.2 Å². The third-order valence-corrected chi connectivity index (χ3v) is 5.00. The molecule has 27 heavy (non-hydrogen) atoms. The summed E-state index contributed by atoms with van der Waals surface area (Å²) in [5, 5.41) is 2.91. The third kappa shape index (κ3) is 5.44. The molecule has 3 N–H and O–H groups in total. The predicted octanol–water partition coefficient (Wildman–Crippen LogP) is 3.86. The van der Waals surface area contributed by atoms with Gasteiger partial charge in [-0.2, -0.15) is 0 Å². The van der Waals surface area contributed by atoms with E-state index in [4.69, 9.17) is 15.2 Å². The average molecular weight is 376 g/mol. The molecular weight excluding hydrogens is 342 g/mol. The molecule has 3 rings (SSSR count). The second-order valence-corrected chi connectivity index (χ2v) is 8.78. The van der Waals surface area contributed by atoms with Crippen molar-refractivity contribution in [3.05, 3.63) is 17.7 Å². The SMILES string of the molecule is Cc1c(OC2CC2)ccc(N)c1N1CCC[C@@H](CNC(=O)OC(C)(C)C)C1. The highest BCUT2D eigenvalue weighted by atomic mass is 16.6. The van der Waals surface area contributed by atoms with Crippen molar-refractivity contribution < 1.29 is 14.3 Å². The molecule has 6 nitrogen and oxygen atoms in total. The first kappa shape index (κ1) is 19.6. The predicted molar refractivity (Wildman–Crippen MR) is 108 cm³/mol. The van der Waals surface area contributed by atoms with Crippen LogP contribution >= 0.6 is 0 Å².